The number of hydrogen-bond donors (Lipinski definition) is 1. The van der Waals surface area contributed by atoms with E-state index in [0.29, 0.717) is 0 Å². The van der Waals surface area contributed by atoms with E-state index < -0.39 is 0 Å². The number of hydrogen-bond acceptors (Lipinski definition) is 1. The smallest absolute Gasteiger partial charge is 0.162 e. The van der Waals surface area contributed by atoms with E-state index in [1.54, 1.807) is 6.92 Å². The molecule has 0 atom stereocenters. The highest BCUT2D eigenvalue weighted by atomic mass is 16.1. The van der Waals surface area contributed by atoms with Gasteiger partial charge in [-0.1, -0.05) is 18.2 Å². The van der Waals surface area contributed by atoms with Crippen molar-refractivity contribution in [2.24, 2.45) is 0 Å². The molecule has 0 saturated heterocycles. The summed E-state index contributed by atoms with van der Waals surface area (Å²) in [6.07, 6.45) is 0. The second-order valence-electron chi connectivity index (χ2n) is 3.68. The number of aromatic amines is 1. The summed E-state index contributed by atoms with van der Waals surface area (Å²) in [6.45, 7) is 5.59. The maximum Gasteiger partial charge on any atom is 0.162 e. The summed E-state index contributed by atoms with van der Waals surface area (Å²) in [4.78, 5) is 14.7. The average molecular weight is 187 g/mol. The molecule has 1 heterocycles. The number of benzene rings is 1. The van der Waals surface area contributed by atoms with Gasteiger partial charge in [0.05, 0.1) is 0 Å². The van der Waals surface area contributed by atoms with E-state index in [0.717, 1.165) is 22.2 Å². The van der Waals surface area contributed by atoms with Gasteiger partial charge < -0.3 is 4.98 Å². The van der Waals surface area contributed by atoms with Crippen LogP contribution in [0.4, 0.5) is 0 Å². The normalized spacial score (nSPS) is 10.8. The molecule has 2 heteroatoms. The van der Waals surface area contributed by atoms with Crippen molar-refractivity contribution in [1.82, 2.24) is 4.98 Å². The van der Waals surface area contributed by atoms with Crippen molar-refractivity contribution in [2.75, 3.05) is 0 Å². The molecule has 2 nitrogen and oxygen atoms in total. The second kappa shape index (κ2) is 2.98. The van der Waals surface area contributed by atoms with Gasteiger partial charge in [-0.25, -0.2) is 0 Å². The lowest BCUT2D eigenvalue weighted by Gasteiger charge is -1.95. The number of Topliss-reactive ketones (excluding diaryl/α,β-unsaturated/α-hetero) is 1. The summed E-state index contributed by atoms with van der Waals surface area (Å²) in [5.41, 5.74) is 4.04. The van der Waals surface area contributed by atoms with Gasteiger partial charge in [-0.15, -0.1) is 0 Å². The fourth-order valence-corrected chi connectivity index (χ4v) is 1.95. The van der Waals surface area contributed by atoms with E-state index in [2.05, 4.69) is 4.98 Å². The maximum absolute atomic E-state index is 11.4. The van der Waals surface area contributed by atoms with Crippen LogP contribution in [0, 0.1) is 13.8 Å². The first-order valence-corrected chi connectivity index (χ1v) is 4.70. The standard InChI is InChI=1S/C12H13NO/c1-7-5-4-6-10-11(9(3)14)8(2)13-12(7)10/h4-6,13H,1-3H3. The quantitative estimate of drug-likeness (QED) is 0.684. The van der Waals surface area contributed by atoms with Crippen LogP contribution in [0.2, 0.25) is 0 Å². The Balaban J connectivity index is 2.90. The van der Waals surface area contributed by atoms with Gasteiger partial charge in [0, 0.05) is 22.2 Å². The molecule has 14 heavy (non-hydrogen) atoms. The number of fused-ring (bicyclic) bond motifs is 1. The molecule has 0 bridgehead atoms. The van der Waals surface area contributed by atoms with Crippen LogP contribution in [-0.2, 0) is 0 Å². The van der Waals surface area contributed by atoms with Crippen LogP contribution >= 0.6 is 0 Å². The minimum Gasteiger partial charge on any atom is -0.358 e. The minimum absolute atomic E-state index is 0.124. The van der Waals surface area contributed by atoms with E-state index >= 15 is 0 Å². The number of para-hydroxylation sites is 1. The highest BCUT2D eigenvalue weighted by molar-refractivity contribution is 6.08. The van der Waals surface area contributed by atoms with Crippen LogP contribution in [0.15, 0.2) is 18.2 Å². The molecule has 1 aromatic heterocycles. The van der Waals surface area contributed by atoms with Gasteiger partial charge in [0.25, 0.3) is 0 Å². The van der Waals surface area contributed by atoms with Crippen molar-refractivity contribution in [3.63, 3.8) is 0 Å². The van der Waals surface area contributed by atoms with Crippen LogP contribution in [0.5, 0.6) is 0 Å². The molecule has 0 aliphatic rings. The number of ketones is 1. The topological polar surface area (TPSA) is 32.9 Å². The summed E-state index contributed by atoms with van der Waals surface area (Å²) >= 11 is 0. The van der Waals surface area contributed by atoms with Crippen molar-refractivity contribution in [3.8, 4) is 0 Å². The van der Waals surface area contributed by atoms with Crippen molar-refractivity contribution in [1.29, 1.82) is 0 Å². The Morgan fingerprint density at radius 2 is 2.00 bits per heavy atom. The summed E-state index contributed by atoms with van der Waals surface area (Å²) in [7, 11) is 0. The fourth-order valence-electron chi connectivity index (χ4n) is 1.95. The van der Waals surface area contributed by atoms with Crippen molar-refractivity contribution >= 4 is 16.7 Å². The molecule has 0 aliphatic carbocycles. The molecule has 0 amide bonds. The number of rotatable bonds is 1. The number of nitrogens with one attached hydrogen (secondary N) is 1. The molecule has 2 aromatic rings. The van der Waals surface area contributed by atoms with E-state index in [-0.39, 0.29) is 5.78 Å². The van der Waals surface area contributed by atoms with Gasteiger partial charge in [-0.2, -0.15) is 0 Å². The summed E-state index contributed by atoms with van der Waals surface area (Å²) < 4.78 is 0. The molecule has 72 valence electrons. The molecule has 1 N–H and O–H groups in total. The Morgan fingerprint density at radius 1 is 1.29 bits per heavy atom. The first-order valence-electron chi connectivity index (χ1n) is 4.70. The van der Waals surface area contributed by atoms with Crippen LogP contribution in [0.1, 0.15) is 28.5 Å². The first-order chi connectivity index (χ1) is 6.61. The van der Waals surface area contributed by atoms with Crippen molar-refractivity contribution in [3.05, 3.63) is 35.0 Å². The lowest BCUT2D eigenvalue weighted by atomic mass is 10.1. The zero-order valence-corrected chi connectivity index (χ0v) is 8.64. The predicted octanol–water partition coefficient (Wildman–Crippen LogP) is 2.99. The van der Waals surface area contributed by atoms with E-state index in [9.17, 15) is 4.79 Å². The van der Waals surface area contributed by atoms with Gasteiger partial charge >= 0.3 is 0 Å². The minimum atomic E-state index is 0.124. The summed E-state index contributed by atoms with van der Waals surface area (Å²) in [5.74, 6) is 0.124. The van der Waals surface area contributed by atoms with Gasteiger partial charge in [0.2, 0.25) is 0 Å². The third kappa shape index (κ3) is 1.15. The van der Waals surface area contributed by atoms with Gasteiger partial charge in [-0.05, 0) is 26.3 Å². The van der Waals surface area contributed by atoms with E-state index in [1.807, 2.05) is 32.0 Å². The van der Waals surface area contributed by atoms with Crippen LogP contribution in [0.3, 0.4) is 0 Å². The highest BCUT2D eigenvalue weighted by Crippen LogP contribution is 2.24. The molecule has 0 saturated carbocycles. The SMILES string of the molecule is CC(=O)c1c(C)[nH]c2c(C)cccc12. The maximum atomic E-state index is 11.4. The number of aromatic nitrogens is 1. The largest absolute Gasteiger partial charge is 0.358 e. The lowest BCUT2D eigenvalue weighted by molar-refractivity contribution is 0.101. The van der Waals surface area contributed by atoms with E-state index in [4.69, 9.17) is 0 Å². The Morgan fingerprint density at radius 3 is 2.64 bits per heavy atom. The van der Waals surface area contributed by atoms with Crippen molar-refractivity contribution in [2.45, 2.75) is 20.8 Å². The molecule has 0 aliphatic heterocycles. The Labute approximate surface area is 82.9 Å². The number of carbonyl (C=O) groups excluding carboxylic acids is 1. The molecular formula is C12H13NO. The lowest BCUT2D eigenvalue weighted by Crippen LogP contribution is -1.92. The predicted molar refractivity (Wildman–Crippen MR) is 57.8 cm³/mol. The Kier molecular flexibility index (Phi) is 1.92. The third-order valence-corrected chi connectivity index (χ3v) is 2.58. The molecule has 0 radical (unpaired) electrons. The fraction of sp³-hybridized carbons (Fsp3) is 0.250. The van der Waals surface area contributed by atoms with Crippen LogP contribution in [-0.4, -0.2) is 10.8 Å². The highest BCUT2D eigenvalue weighted by Gasteiger charge is 2.12. The van der Waals surface area contributed by atoms with Gasteiger partial charge in [-0.3, -0.25) is 4.79 Å². The van der Waals surface area contributed by atoms with E-state index in [1.165, 1.54) is 5.56 Å². The average Bonchev–Trinajstić information content (AvgIpc) is 2.42. The third-order valence-electron chi connectivity index (χ3n) is 2.58. The van der Waals surface area contributed by atoms with Crippen LogP contribution < -0.4 is 0 Å². The Hall–Kier alpha value is -1.57. The molecule has 0 unspecified atom stereocenters. The first kappa shape index (κ1) is 9.00. The van der Waals surface area contributed by atoms with Gasteiger partial charge in [0.15, 0.2) is 5.78 Å². The number of aryl methyl sites for hydroxylation is 2. The monoisotopic (exact) mass is 187 g/mol. The molecule has 1 aromatic carbocycles. The molecule has 2 rings (SSSR count). The summed E-state index contributed by atoms with van der Waals surface area (Å²) in [5, 5.41) is 1.04. The van der Waals surface area contributed by atoms with Gasteiger partial charge in [0.1, 0.15) is 0 Å². The zero-order valence-electron chi connectivity index (χ0n) is 8.64. The molecule has 0 spiro atoms. The number of H-pyrrole nitrogens is 1. The summed E-state index contributed by atoms with van der Waals surface area (Å²) in [6, 6.07) is 6.02. The number of carbonyl (C=O) groups is 1. The second-order valence-corrected chi connectivity index (χ2v) is 3.68. The Bertz CT molecular complexity index is 508. The van der Waals surface area contributed by atoms with Crippen LogP contribution in [0.25, 0.3) is 10.9 Å². The molecule has 0 fully saturated rings. The molecular weight excluding hydrogens is 174 g/mol. The van der Waals surface area contributed by atoms with Crippen molar-refractivity contribution < 1.29 is 4.79 Å². The zero-order chi connectivity index (χ0) is 10.3.